The van der Waals surface area contributed by atoms with Crippen molar-refractivity contribution < 1.29 is 4.42 Å². The van der Waals surface area contributed by atoms with Crippen LogP contribution in [-0.2, 0) is 0 Å². The number of anilines is 3. The van der Waals surface area contributed by atoms with Crippen LogP contribution in [0.5, 0.6) is 0 Å². The number of rotatable bonds is 10. The number of hydrogen-bond donors (Lipinski definition) is 0. The van der Waals surface area contributed by atoms with Crippen LogP contribution in [0.4, 0.5) is 17.1 Å². The highest BCUT2D eigenvalue weighted by Crippen LogP contribution is 2.42. The van der Waals surface area contributed by atoms with Gasteiger partial charge >= 0.3 is 0 Å². The largest absolute Gasteiger partial charge is 0.455 e. The highest BCUT2D eigenvalue weighted by atomic mass is 16.3. The molecule has 352 valence electrons. The van der Waals surface area contributed by atoms with Gasteiger partial charge in [0.1, 0.15) is 11.2 Å². The lowest BCUT2D eigenvalue weighted by molar-refractivity contribution is 0.670. The van der Waals surface area contributed by atoms with Crippen LogP contribution in [0.25, 0.3) is 116 Å². The molecule has 0 bridgehead atoms. The lowest BCUT2D eigenvalue weighted by Crippen LogP contribution is -2.09. The summed E-state index contributed by atoms with van der Waals surface area (Å²) in [6.07, 6.45) is 0. The minimum absolute atomic E-state index is 0.907. The molecule has 3 nitrogen and oxygen atoms in total. The van der Waals surface area contributed by atoms with Gasteiger partial charge in [0.25, 0.3) is 0 Å². The van der Waals surface area contributed by atoms with E-state index in [4.69, 9.17) is 4.42 Å². The van der Waals surface area contributed by atoms with Crippen molar-refractivity contribution in [3.8, 4) is 72.4 Å². The molecule has 0 aliphatic rings. The molecule has 14 rings (SSSR count). The van der Waals surface area contributed by atoms with Crippen molar-refractivity contribution >= 4 is 60.8 Å². The third kappa shape index (κ3) is 7.95. The highest BCUT2D eigenvalue weighted by Gasteiger charge is 2.19. The summed E-state index contributed by atoms with van der Waals surface area (Å²) < 4.78 is 8.85. The zero-order valence-corrected chi connectivity index (χ0v) is 41.0. The predicted octanol–water partition coefficient (Wildman–Crippen LogP) is 20.2. The molecule has 0 spiro atoms. The average Bonchev–Trinajstić information content (AvgIpc) is 4.06. The Labute approximate surface area is 436 Å². The minimum Gasteiger partial charge on any atom is -0.455 e. The van der Waals surface area contributed by atoms with Crippen molar-refractivity contribution in [2.24, 2.45) is 0 Å². The van der Waals surface area contributed by atoms with Crippen LogP contribution in [0.2, 0.25) is 0 Å². The molecule has 3 heteroatoms. The maximum absolute atomic E-state index is 6.40. The fraction of sp³-hybridized carbons (Fsp3) is 0. The molecule has 0 aliphatic heterocycles. The molecule has 2 heterocycles. The predicted molar refractivity (Wildman–Crippen MR) is 315 cm³/mol. The average molecular weight is 957 g/mol. The van der Waals surface area contributed by atoms with Gasteiger partial charge < -0.3 is 13.9 Å². The van der Waals surface area contributed by atoms with Crippen molar-refractivity contribution in [2.45, 2.75) is 0 Å². The van der Waals surface area contributed by atoms with Gasteiger partial charge in [0.15, 0.2) is 0 Å². The van der Waals surface area contributed by atoms with Crippen molar-refractivity contribution in [1.82, 2.24) is 4.57 Å². The van der Waals surface area contributed by atoms with Crippen LogP contribution in [-0.4, -0.2) is 4.57 Å². The Morgan fingerprint density at radius 3 is 1.16 bits per heavy atom. The fourth-order valence-electron chi connectivity index (χ4n) is 11.1. The lowest BCUT2D eigenvalue weighted by atomic mass is 9.97. The van der Waals surface area contributed by atoms with Gasteiger partial charge in [0.05, 0.1) is 16.7 Å². The summed E-state index contributed by atoms with van der Waals surface area (Å²) in [5.41, 5.74) is 22.5. The first-order valence-electron chi connectivity index (χ1n) is 25.6. The van der Waals surface area contributed by atoms with Crippen LogP contribution < -0.4 is 4.90 Å². The normalized spacial score (nSPS) is 11.5. The Kier molecular flexibility index (Phi) is 10.8. The number of aromatic nitrogens is 1. The van der Waals surface area contributed by atoms with Crippen molar-refractivity contribution in [2.75, 3.05) is 4.90 Å². The number of nitrogens with zero attached hydrogens (tertiary/aromatic N) is 2. The van der Waals surface area contributed by atoms with Gasteiger partial charge in [-0.2, -0.15) is 0 Å². The van der Waals surface area contributed by atoms with E-state index >= 15 is 0 Å². The molecule has 0 amide bonds. The van der Waals surface area contributed by atoms with E-state index < -0.39 is 0 Å². The van der Waals surface area contributed by atoms with Crippen LogP contribution in [0.3, 0.4) is 0 Å². The quantitative estimate of drug-likeness (QED) is 0.136. The second-order valence-electron chi connectivity index (χ2n) is 19.2. The molecule has 0 saturated carbocycles. The third-order valence-corrected chi connectivity index (χ3v) is 14.9. The summed E-state index contributed by atoms with van der Waals surface area (Å²) in [7, 11) is 0. The summed E-state index contributed by atoms with van der Waals surface area (Å²) in [6.45, 7) is 0. The van der Waals surface area contributed by atoms with Gasteiger partial charge in [0, 0.05) is 49.7 Å². The Hall–Kier alpha value is -9.96. The van der Waals surface area contributed by atoms with Crippen molar-refractivity contribution in [1.29, 1.82) is 0 Å². The number of para-hydroxylation sites is 4. The van der Waals surface area contributed by atoms with E-state index in [9.17, 15) is 0 Å². The number of benzene rings is 12. The van der Waals surface area contributed by atoms with Crippen molar-refractivity contribution in [3.63, 3.8) is 0 Å². The summed E-state index contributed by atoms with van der Waals surface area (Å²) in [5.74, 6) is 0. The maximum atomic E-state index is 6.40. The van der Waals surface area contributed by atoms with Crippen LogP contribution in [0, 0.1) is 0 Å². The van der Waals surface area contributed by atoms with E-state index in [0.29, 0.717) is 0 Å². The molecule has 14 aromatic rings. The smallest absolute Gasteiger partial charge is 0.143 e. The summed E-state index contributed by atoms with van der Waals surface area (Å²) >= 11 is 0. The Bertz CT molecular complexity index is 4290. The molecule has 0 N–H and O–H groups in total. The first kappa shape index (κ1) is 43.8. The second kappa shape index (κ2) is 18.6. The standard InChI is InChI=1S/C72H48N2O/c1-3-14-49(15-4-1)51-26-28-52(29-27-51)54-34-41-59(42-35-54)73(60-43-36-55(37-44-60)53-30-32-57(33-31-53)63-21-13-22-67-66-20-9-12-25-71(66)75-72(63)67)61-45-38-56(39-46-61)62-47-40-58(50-16-5-2-6-17-50)48-70(62)74-68-23-10-7-18-64(68)65-19-8-11-24-69(65)74/h1-48H. The van der Waals surface area contributed by atoms with E-state index in [2.05, 4.69) is 289 Å². The summed E-state index contributed by atoms with van der Waals surface area (Å²) in [4.78, 5) is 2.36. The Morgan fingerprint density at radius 2 is 0.627 bits per heavy atom. The van der Waals surface area contributed by atoms with E-state index in [1.165, 1.54) is 55.2 Å². The highest BCUT2D eigenvalue weighted by molar-refractivity contribution is 6.11. The maximum Gasteiger partial charge on any atom is 0.143 e. The van der Waals surface area contributed by atoms with E-state index in [1.54, 1.807) is 0 Å². The summed E-state index contributed by atoms with van der Waals surface area (Å²) in [6, 6.07) is 105. The zero-order valence-electron chi connectivity index (χ0n) is 41.0. The minimum atomic E-state index is 0.907. The van der Waals surface area contributed by atoms with Gasteiger partial charge in [-0.15, -0.1) is 0 Å². The van der Waals surface area contributed by atoms with Gasteiger partial charge in [-0.1, -0.05) is 231 Å². The molecular formula is C72H48N2O. The number of fused-ring (bicyclic) bond motifs is 6. The van der Waals surface area contributed by atoms with Crippen LogP contribution >= 0.6 is 0 Å². The molecule has 0 radical (unpaired) electrons. The third-order valence-electron chi connectivity index (χ3n) is 14.9. The molecule has 0 fully saturated rings. The molecule has 0 aliphatic carbocycles. The van der Waals surface area contributed by atoms with Crippen LogP contribution in [0.1, 0.15) is 0 Å². The number of hydrogen-bond acceptors (Lipinski definition) is 2. The Morgan fingerprint density at radius 1 is 0.253 bits per heavy atom. The van der Waals surface area contributed by atoms with Gasteiger partial charge in [-0.3, -0.25) is 0 Å². The van der Waals surface area contributed by atoms with Crippen LogP contribution in [0.15, 0.2) is 296 Å². The molecule has 12 aromatic carbocycles. The van der Waals surface area contributed by atoms with Gasteiger partial charge in [0.2, 0.25) is 0 Å². The molecule has 0 unspecified atom stereocenters. The first-order valence-corrected chi connectivity index (χ1v) is 25.6. The van der Waals surface area contributed by atoms with Gasteiger partial charge in [-0.25, -0.2) is 0 Å². The van der Waals surface area contributed by atoms with Gasteiger partial charge in [-0.05, 0) is 116 Å². The molecule has 0 saturated heterocycles. The van der Waals surface area contributed by atoms with Crippen molar-refractivity contribution in [3.05, 3.63) is 291 Å². The topological polar surface area (TPSA) is 21.3 Å². The SMILES string of the molecule is c1ccc(-c2ccc(-c3ccc(N(c4ccc(-c5ccc(-c6cccc7c6oc6ccccc67)cc5)cc4)c4ccc(-c5ccc(-c6ccccc6)cc5-n5c6ccccc6c6ccccc65)cc4)cc3)cc2)cc1. The monoisotopic (exact) mass is 956 g/mol. The molecule has 0 atom stereocenters. The Balaban J connectivity index is 0.835. The number of furan rings is 1. The zero-order chi connectivity index (χ0) is 49.7. The van der Waals surface area contributed by atoms with E-state index in [0.717, 1.165) is 78.1 Å². The fourth-order valence-corrected chi connectivity index (χ4v) is 11.1. The summed E-state index contributed by atoms with van der Waals surface area (Å²) in [5, 5.41) is 4.76. The lowest BCUT2D eigenvalue weighted by Gasteiger charge is -2.26. The second-order valence-corrected chi connectivity index (χ2v) is 19.2. The molecular weight excluding hydrogens is 909 g/mol. The van der Waals surface area contributed by atoms with E-state index in [1.807, 2.05) is 12.1 Å². The first-order chi connectivity index (χ1) is 37.2. The molecule has 75 heavy (non-hydrogen) atoms. The molecule has 2 aromatic heterocycles. The van der Waals surface area contributed by atoms with E-state index in [-0.39, 0.29) is 0 Å².